The molecule has 1 aliphatic carbocycles. The number of benzene rings is 1. The fourth-order valence-electron chi connectivity index (χ4n) is 3.21. The number of guanidine groups is 1. The van der Waals surface area contributed by atoms with Crippen LogP contribution in [0.4, 0.5) is 0 Å². The molecule has 0 saturated heterocycles. The Bertz CT molecular complexity index is 566. The van der Waals surface area contributed by atoms with Crippen molar-refractivity contribution in [3.63, 3.8) is 0 Å². The zero-order valence-corrected chi connectivity index (χ0v) is 16.6. The van der Waals surface area contributed by atoms with E-state index in [1.54, 1.807) is 14.2 Å². The van der Waals surface area contributed by atoms with Gasteiger partial charge < -0.3 is 20.1 Å². The van der Waals surface area contributed by atoms with E-state index in [1.807, 2.05) is 30.9 Å². The van der Waals surface area contributed by atoms with E-state index in [9.17, 15) is 0 Å². The summed E-state index contributed by atoms with van der Waals surface area (Å²) < 4.78 is 10.6. The van der Waals surface area contributed by atoms with Crippen LogP contribution < -0.4 is 20.1 Å². The minimum atomic E-state index is 0.550. The maximum atomic E-state index is 5.36. The molecular formula is C19H31N3O2S. The molecular weight excluding hydrogens is 334 g/mol. The first-order valence-electron chi connectivity index (χ1n) is 8.91. The van der Waals surface area contributed by atoms with Gasteiger partial charge in [-0.2, -0.15) is 11.8 Å². The number of hydrogen-bond acceptors (Lipinski definition) is 4. The monoisotopic (exact) mass is 365 g/mol. The molecule has 1 fully saturated rings. The third-order valence-electron chi connectivity index (χ3n) is 4.66. The van der Waals surface area contributed by atoms with Crippen LogP contribution in [0, 0.1) is 0 Å². The normalized spacial score (nSPS) is 20.4. The number of hydrogen-bond donors (Lipinski definition) is 2. The van der Waals surface area contributed by atoms with Gasteiger partial charge in [0.2, 0.25) is 0 Å². The van der Waals surface area contributed by atoms with Crippen LogP contribution in [0.1, 0.15) is 31.2 Å². The molecule has 5 nitrogen and oxygen atoms in total. The van der Waals surface area contributed by atoms with E-state index in [4.69, 9.17) is 9.47 Å². The highest BCUT2D eigenvalue weighted by molar-refractivity contribution is 7.99. The quantitative estimate of drug-likeness (QED) is 0.421. The van der Waals surface area contributed by atoms with E-state index < -0.39 is 0 Å². The first-order valence-corrected chi connectivity index (χ1v) is 10.2. The Labute approximate surface area is 156 Å². The van der Waals surface area contributed by atoms with Crippen LogP contribution in [0.2, 0.25) is 0 Å². The first-order chi connectivity index (χ1) is 12.2. The molecule has 1 aliphatic rings. The molecule has 1 aromatic rings. The van der Waals surface area contributed by atoms with Crippen LogP contribution in [0.25, 0.3) is 0 Å². The van der Waals surface area contributed by atoms with Gasteiger partial charge in [0, 0.05) is 24.9 Å². The van der Waals surface area contributed by atoms with E-state index in [0.29, 0.717) is 6.04 Å². The molecule has 0 radical (unpaired) electrons. The molecule has 2 atom stereocenters. The Morgan fingerprint density at radius 3 is 2.68 bits per heavy atom. The van der Waals surface area contributed by atoms with Gasteiger partial charge in [-0.15, -0.1) is 0 Å². The van der Waals surface area contributed by atoms with Crippen LogP contribution in [0.3, 0.4) is 0 Å². The van der Waals surface area contributed by atoms with Gasteiger partial charge in [-0.05, 0) is 56.1 Å². The summed E-state index contributed by atoms with van der Waals surface area (Å²) in [6, 6.07) is 6.65. The van der Waals surface area contributed by atoms with E-state index in [2.05, 4.69) is 27.9 Å². The van der Waals surface area contributed by atoms with Crippen molar-refractivity contribution in [2.75, 3.05) is 34.1 Å². The second-order valence-corrected chi connectivity index (χ2v) is 7.44. The third-order valence-corrected chi connectivity index (χ3v) is 5.76. The maximum Gasteiger partial charge on any atom is 0.191 e. The van der Waals surface area contributed by atoms with Gasteiger partial charge in [-0.25, -0.2) is 0 Å². The summed E-state index contributed by atoms with van der Waals surface area (Å²) in [5.74, 6) is 2.48. The van der Waals surface area contributed by atoms with Gasteiger partial charge in [-0.3, -0.25) is 4.99 Å². The number of thioether (sulfide) groups is 1. The molecule has 2 N–H and O–H groups in total. The number of aryl methyl sites for hydroxylation is 1. The van der Waals surface area contributed by atoms with Gasteiger partial charge in [0.1, 0.15) is 0 Å². The summed E-state index contributed by atoms with van der Waals surface area (Å²) >= 11 is 1.98. The summed E-state index contributed by atoms with van der Waals surface area (Å²) in [6.07, 6.45) is 7.99. The molecule has 1 saturated carbocycles. The molecule has 0 bridgehead atoms. The average Bonchev–Trinajstić information content (AvgIpc) is 3.11. The van der Waals surface area contributed by atoms with Crippen molar-refractivity contribution in [2.45, 2.75) is 43.4 Å². The Hall–Kier alpha value is -1.56. The molecule has 25 heavy (non-hydrogen) atoms. The van der Waals surface area contributed by atoms with Crippen molar-refractivity contribution in [2.24, 2.45) is 4.99 Å². The molecule has 2 unspecified atom stereocenters. The van der Waals surface area contributed by atoms with E-state index in [1.165, 1.54) is 24.8 Å². The van der Waals surface area contributed by atoms with E-state index in [0.717, 1.165) is 42.1 Å². The fraction of sp³-hybridized carbons (Fsp3) is 0.632. The van der Waals surface area contributed by atoms with Crippen LogP contribution in [0.5, 0.6) is 11.5 Å². The van der Waals surface area contributed by atoms with Crippen molar-refractivity contribution in [1.29, 1.82) is 0 Å². The molecule has 6 heteroatoms. The Kier molecular flexibility index (Phi) is 8.25. The fourth-order valence-corrected chi connectivity index (χ4v) is 4.01. The minimum absolute atomic E-state index is 0.550. The van der Waals surface area contributed by atoms with Gasteiger partial charge in [0.25, 0.3) is 0 Å². The molecule has 140 valence electrons. The van der Waals surface area contributed by atoms with Gasteiger partial charge in [0.05, 0.1) is 14.2 Å². The second kappa shape index (κ2) is 10.4. The highest BCUT2D eigenvalue weighted by atomic mass is 32.2. The predicted molar refractivity (Wildman–Crippen MR) is 107 cm³/mol. The van der Waals surface area contributed by atoms with Crippen LogP contribution >= 0.6 is 11.8 Å². The van der Waals surface area contributed by atoms with Crippen LogP contribution in [-0.4, -0.2) is 51.3 Å². The van der Waals surface area contributed by atoms with Crippen molar-refractivity contribution in [3.8, 4) is 11.5 Å². The Balaban J connectivity index is 1.72. The molecule has 0 aliphatic heterocycles. The molecule has 0 heterocycles. The highest BCUT2D eigenvalue weighted by Crippen LogP contribution is 2.28. The van der Waals surface area contributed by atoms with Gasteiger partial charge in [0.15, 0.2) is 17.5 Å². The summed E-state index contributed by atoms with van der Waals surface area (Å²) in [7, 11) is 5.17. The van der Waals surface area contributed by atoms with Crippen LogP contribution in [-0.2, 0) is 6.42 Å². The Morgan fingerprint density at radius 1 is 1.24 bits per heavy atom. The number of methoxy groups -OCH3 is 2. The number of aliphatic imine (C=N–C) groups is 1. The standard InChI is InChI=1S/C19H31N3O2S/c1-20-19(22-15-8-9-16(13-15)25-4)21-11-5-6-14-7-10-17(23-2)18(12-14)24-3/h7,10,12,15-16H,5-6,8-9,11,13H2,1-4H3,(H2,20,21,22). The zero-order valence-electron chi connectivity index (χ0n) is 15.8. The summed E-state index contributed by atoms with van der Waals surface area (Å²) in [5.41, 5.74) is 1.25. The molecule has 2 rings (SSSR count). The SMILES string of the molecule is CN=C(NCCCc1ccc(OC)c(OC)c1)NC1CCC(SC)C1. The van der Waals surface area contributed by atoms with Crippen molar-refractivity contribution < 1.29 is 9.47 Å². The van der Waals surface area contributed by atoms with E-state index >= 15 is 0 Å². The number of rotatable bonds is 8. The highest BCUT2D eigenvalue weighted by Gasteiger charge is 2.24. The molecule has 0 spiro atoms. The van der Waals surface area contributed by atoms with Crippen LogP contribution in [0.15, 0.2) is 23.2 Å². The lowest BCUT2D eigenvalue weighted by Gasteiger charge is -2.17. The zero-order chi connectivity index (χ0) is 18.1. The third kappa shape index (κ3) is 6.03. The number of nitrogens with zero attached hydrogens (tertiary/aromatic N) is 1. The van der Waals surface area contributed by atoms with E-state index in [-0.39, 0.29) is 0 Å². The lowest BCUT2D eigenvalue weighted by atomic mass is 10.1. The predicted octanol–water partition coefficient (Wildman–Crippen LogP) is 3.09. The minimum Gasteiger partial charge on any atom is -0.493 e. The summed E-state index contributed by atoms with van der Waals surface area (Å²) in [5, 5.41) is 7.77. The van der Waals surface area contributed by atoms with Crippen molar-refractivity contribution in [1.82, 2.24) is 10.6 Å². The van der Waals surface area contributed by atoms with Gasteiger partial charge in [-0.1, -0.05) is 6.07 Å². The first kappa shape index (κ1) is 19.8. The molecule has 0 amide bonds. The second-order valence-electron chi connectivity index (χ2n) is 6.30. The van der Waals surface area contributed by atoms with Crippen molar-refractivity contribution in [3.05, 3.63) is 23.8 Å². The molecule has 1 aromatic carbocycles. The average molecular weight is 366 g/mol. The Morgan fingerprint density at radius 2 is 2.04 bits per heavy atom. The lowest BCUT2D eigenvalue weighted by molar-refractivity contribution is 0.354. The smallest absolute Gasteiger partial charge is 0.191 e. The largest absolute Gasteiger partial charge is 0.493 e. The maximum absolute atomic E-state index is 5.36. The van der Waals surface area contributed by atoms with Gasteiger partial charge >= 0.3 is 0 Å². The summed E-state index contributed by atoms with van der Waals surface area (Å²) in [4.78, 5) is 4.35. The summed E-state index contributed by atoms with van der Waals surface area (Å²) in [6.45, 7) is 0.896. The topological polar surface area (TPSA) is 54.9 Å². The number of nitrogens with one attached hydrogen (secondary N) is 2. The lowest BCUT2D eigenvalue weighted by Crippen LogP contribution is -2.42. The molecule has 0 aromatic heterocycles. The van der Waals surface area contributed by atoms with Crippen molar-refractivity contribution >= 4 is 17.7 Å². The number of ether oxygens (including phenoxy) is 2.